The smallest absolute Gasteiger partial charge is 0.0283 e. The molecule has 4 aromatic carbocycles. The van der Waals surface area contributed by atoms with Gasteiger partial charge >= 0.3 is 0 Å². The van der Waals surface area contributed by atoms with E-state index in [1.165, 1.54) is 50.1 Å². The lowest BCUT2D eigenvalue weighted by Gasteiger charge is -2.12. The second-order valence-electron chi connectivity index (χ2n) is 8.55. The molecule has 0 N–H and O–H groups in total. The fourth-order valence-electron chi connectivity index (χ4n) is 4.32. The zero-order valence-electron chi connectivity index (χ0n) is 18.5. The van der Waals surface area contributed by atoms with E-state index in [2.05, 4.69) is 139 Å². The normalized spacial score (nSPS) is 11.0. The summed E-state index contributed by atoms with van der Waals surface area (Å²) < 4.78 is 0. The summed E-state index contributed by atoms with van der Waals surface area (Å²) in [5.41, 5.74) is 12.2. The zero-order chi connectivity index (χ0) is 23.0. The highest BCUT2D eigenvalue weighted by Gasteiger charge is 2.07. The highest BCUT2D eigenvalue weighted by molar-refractivity contribution is 9.09. The first-order chi connectivity index (χ1) is 16.1. The summed E-state index contributed by atoms with van der Waals surface area (Å²) in [7, 11) is 0. The molecule has 0 aliphatic rings. The van der Waals surface area contributed by atoms with Gasteiger partial charge < -0.3 is 0 Å². The standard InChI is InChI=1S/C30H27Br3/c31-19-25-7-1-4-22(10-25)13-28-16-29(14-23-5-2-8-26(11-23)20-32)18-30(17-28)15-24-6-3-9-27(12-24)21-33/h1-12,16-18H,13-15,19-21H2. The van der Waals surface area contributed by atoms with Gasteiger partial charge in [-0.2, -0.15) is 0 Å². The Morgan fingerprint density at radius 2 is 0.576 bits per heavy atom. The van der Waals surface area contributed by atoms with Gasteiger partial charge in [0.2, 0.25) is 0 Å². The Balaban J connectivity index is 1.66. The predicted octanol–water partition coefficient (Wildman–Crippen LogP) is 9.14. The Kier molecular flexibility index (Phi) is 9.00. The number of rotatable bonds is 9. The monoisotopic (exact) mass is 624 g/mol. The van der Waals surface area contributed by atoms with Crippen LogP contribution < -0.4 is 0 Å². The van der Waals surface area contributed by atoms with Crippen molar-refractivity contribution in [2.24, 2.45) is 0 Å². The first kappa shape index (κ1) is 24.4. The minimum Gasteiger partial charge on any atom is -0.0876 e. The lowest BCUT2D eigenvalue weighted by Crippen LogP contribution is -1.98. The number of alkyl halides is 3. The van der Waals surface area contributed by atoms with E-state index in [0.717, 1.165) is 35.3 Å². The lowest BCUT2D eigenvalue weighted by atomic mass is 9.93. The number of hydrogen-bond donors (Lipinski definition) is 0. The van der Waals surface area contributed by atoms with Gasteiger partial charge in [0, 0.05) is 16.0 Å². The first-order valence-electron chi connectivity index (χ1n) is 11.2. The second kappa shape index (κ2) is 12.1. The first-order valence-corrected chi connectivity index (χ1v) is 14.5. The Morgan fingerprint density at radius 3 is 0.848 bits per heavy atom. The topological polar surface area (TPSA) is 0 Å². The van der Waals surface area contributed by atoms with Gasteiger partial charge in [0.25, 0.3) is 0 Å². The van der Waals surface area contributed by atoms with Crippen molar-refractivity contribution in [3.05, 3.63) is 141 Å². The van der Waals surface area contributed by atoms with E-state index < -0.39 is 0 Å². The third-order valence-electron chi connectivity index (χ3n) is 5.77. The van der Waals surface area contributed by atoms with Gasteiger partial charge in [0.05, 0.1) is 0 Å². The van der Waals surface area contributed by atoms with Crippen LogP contribution in [0.15, 0.2) is 91.0 Å². The summed E-state index contributed by atoms with van der Waals surface area (Å²) in [4.78, 5) is 0. The summed E-state index contributed by atoms with van der Waals surface area (Å²) in [6.07, 6.45) is 2.85. The molecule has 0 radical (unpaired) electrons. The zero-order valence-corrected chi connectivity index (χ0v) is 23.3. The average molecular weight is 627 g/mol. The summed E-state index contributed by atoms with van der Waals surface area (Å²) in [6, 6.07) is 33.8. The lowest BCUT2D eigenvalue weighted by molar-refractivity contribution is 1.09. The van der Waals surface area contributed by atoms with Crippen LogP contribution in [0.3, 0.4) is 0 Å². The molecule has 33 heavy (non-hydrogen) atoms. The molecule has 0 atom stereocenters. The molecule has 4 aromatic rings. The molecule has 0 bridgehead atoms. The van der Waals surface area contributed by atoms with Crippen molar-refractivity contribution >= 4 is 47.8 Å². The van der Waals surface area contributed by atoms with Crippen molar-refractivity contribution in [1.29, 1.82) is 0 Å². The average Bonchev–Trinajstić information content (AvgIpc) is 2.84. The van der Waals surface area contributed by atoms with Crippen molar-refractivity contribution in [2.75, 3.05) is 0 Å². The van der Waals surface area contributed by atoms with E-state index in [4.69, 9.17) is 0 Å². The molecule has 0 nitrogen and oxygen atoms in total. The van der Waals surface area contributed by atoms with Gasteiger partial charge in [-0.3, -0.25) is 0 Å². The Morgan fingerprint density at radius 1 is 0.333 bits per heavy atom. The Hall–Kier alpha value is -1.68. The molecule has 0 spiro atoms. The third kappa shape index (κ3) is 7.15. The minimum atomic E-state index is 0.889. The number of benzene rings is 4. The molecule has 0 saturated carbocycles. The molecule has 0 fully saturated rings. The molecule has 0 aromatic heterocycles. The van der Waals surface area contributed by atoms with Crippen LogP contribution in [0.1, 0.15) is 50.1 Å². The van der Waals surface area contributed by atoms with Crippen LogP contribution in [-0.2, 0) is 35.3 Å². The molecule has 0 amide bonds. The van der Waals surface area contributed by atoms with E-state index >= 15 is 0 Å². The summed E-state index contributed by atoms with van der Waals surface area (Å²) >= 11 is 10.8. The van der Waals surface area contributed by atoms with Gasteiger partial charge in [0.15, 0.2) is 0 Å². The molecule has 0 heterocycles. The second-order valence-corrected chi connectivity index (χ2v) is 10.2. The molecule has 0 aliphatic carbocycles. The van der Waals surface area contributed by atoms with E-state index in [1.807, 2.05) is 0 Å². The molecular formula is C30H27Br3. The van der Waals surface area contributed by atoms with Crippen molar-refractivity contribution < 1.29 is 0 Å². The number of halogens is 3. The van der Waals surface area contributed by atoms with Gasteiger partial charge in [-0.1, -0.05) is 139 Å². The van der Waals surface area contributed by atoms with Gasteiger partial charge in [-0.05, 0) is 69.3 Å². The van der Waals surface area contributed by atoms with E-state index in [-0.39, 0.29) is 0 Å². The van der Waals surface area contributed by atoms with Crippen LogP contribution in [0, 0.1) is 0 Å². The van der Waals surface area contributed by atoms with E-state index in [9.17, 15) is 0 Å². The van der Waals surface area contributed by atoms with Crippen molar-refractivity contribution in [3.8, 4) is 0 Å². The maximum Gasteiger partial charge on any atom is 0.0283 e. The minimum absolute atomic E-state index is 0.889. The van der Waals surface area contributed by atoms with Crippen LogP contribution in [-0.4, -0.2) is 0 Å². The summed E-state index contributed by atoms with van der Waals surface area (Å²) in [5.74, 6) is 0. The van der Waals surface area contributed by atoms with Crippen molar-refractivity contribution in [2.45, 2.75) is 35.3 Å². The quantitative estimate of drug-likeness (QED) is 0.163. The number of hydrogen-bond acceptors (Lipinski definition) is 0. The molecule has 3 heteroatoms. The van der Waals surface area contributed by atoms with Crippen LogP contribution >= 0.6 is 47.8 Å². The largest absolute Gasteiger partial charge is 0.0876 e. The van der Waals surface area contributed by atoms with Crippen molar-refractivity contribution in [1.82, 2.24) is 0 Å². The van der Waals surface area contributed by atoms with Gasteiger partial charge in [-0.25, -0.2) is 0 Å². The molecule has 168 valence electrons. The molecule has 0 saturated heterocycles. The van der Waals surface area contributed by atoms with Crippen LogP contribution in [0.25, 0.3) is 0 Å². The van der Waals surface area contributed by atoms with Crippen LogP contribution in [0.2, 0.25) is 0 Å². The van der Waals surface area contributed by atoms with E-state index in [0.29, 0.717) is 0 Å². The highest BCUT2D eigenvalue weighted by atomic mass is 79.9. The van der Waals surface area contributed by atoms with E-state index in [1.54, 1.807) is 0 Å². The maximum absolute atomic E-state index is 3.59. The fraction of sp³-hybridized carbons (Fsp3) is 0.200. The highest BCUT2D eigenvalue weighted by Crippen LogP contribution is 2.22. The maximum atomic E-state index is 3.59. The Labute approximate surface area is 222 Å². The van der Waals surface area contributed by atoms with Gasteiger partial charge in [0.1, 0.15) is 0 Å². The Bertz CT molecular complexity index is 1050. The van der Waals surface area contributed by atoms with Crippen molar-refractivity contribution in [3.63, 3.8) is 0 Å². The van der Waals surface area contributed by atoms with Crippen LogP contribution in [0.4, 0.5) is 0 Å². The summed E-state index contributed by atoms with van der Waals surface area (Å²) in [5, 5.41) is 2.67. The van der Waals surface area contributed by atoms with Crippen LogP contribution in [0.5, 0.6) is 0 Å². The third-order valence-corrected chi connectivity index (χ3v) is 7.72. The summed E-state index contributed by atoms with van der Waals surface area (Å²) in [6.45, 7) is 0. The predicted molar refractivity (Wildman–Crippen MR) is 152 cm³/mol. The molecular weight excluding hydrogens is 600 g/mol. The fourth-order valence-corrected chi connectivity index (χ4v) is 5.37. The van der Waals surface area contributed by atoms with Gasteiger partial charge in [-0.15, -0.1) is 0 Å². The molecule has 4 rings (SSSR count). The molecule has 0 unspecified atom stereocenters. The molecule has 0 aliphatic heterocycles. The SMILES string of the molecule is BrCc1cccc(Cc2cc(Cc3cccc(CBr)c3)cc(Cc3cccc(CBr)c3)c2)c1.